The number of ether oxygens (including phenoxy) is 1. The highest BCUT2D eigenvalue weighted by atomic mass is 16.5. The Kier molecular flexibility index (Phi) is 7.31. The van der Waals surface area contributed by atoms with Crippen molar-refractivity contribution in [3.8, 4) is 5.75 Å². The number of likely N-dealkylation sites (tertiary alicyclic amines) is 1. The van der Waals surface area contributed by atoms with Crippen molar-refractivity contribution >= 4 is 5.91 Å². The highest BCUT2D eigenvalue weighted by molar-refractivity contribution is 5.93. The number of benzene rings is 1. The molecule has 2 aromatic rings. The molecule has 6 heteroatoms. The summed E-state index contributed by atoms with van der Waals surface area (Å²) in [5.41, 5.74) is 2.01. The minimum absolute atomic E-state index is 0.0623. The van der Waals surface area contributed by atoms with Crippen LogP contribution in [0.25, 0.3) is 0 Å². The van der Waals surface area contributed by atoms with Crippen LogP contribution in [-0.4, -0.2) is 65.8 Å². The normalized spacial score (nSPS) is 17.5. The van der Waals surface area contributed by atoms with Gasteiger partial charge in [0.25, 0.3) is 5.91 Å². The van der Waals surface area contributed by atoms with Crippen molar-refractivity contribution in [2.45, 2.75) is 39.2 Å². The molecule has 0 N–H and O–H groups in total. The van der Waals surface area contributed by atoms with E-state index in [-0.39, 0.29) is 11.9 Å². The van der Waals surface area contributed by atoms with Gasteiger partial charge in [0, 0.05) is 38.9 Å². The highest BCUT2D eigenvalue weighted by Crippen LogP contribution is 2.19. The number of nitrogens with zero attached hydrogens (tertiary/aromatic N) is 4. The molecular weight excluding hydrogens is 364 g/mol. The molecule has 2 heterocycles. The lowest BCUT2D eigenvalue weighted by Gasteiger charge is -2.34. The Morgan fingerprint density at radius 2 is 2.07 bits per heavy atom. The van der Waals surface area contributed by atoms with Crippen LogP contribution in [0.2, 0.25) is 0 Å². The maximum absolute atomic E-state index is 12.7. The molecule has 1 aliphatic rings. The van der Waals surface area contributed by atoms with Crippen LogP contribution < -0.4 is 4.74 Å². The van der Waals surface area contributed by atoms with E-state index in [1.54, 1.807) is 13.3 Å². The molecule has 158 valence electrons. The third-order valence-corrected chi connectivity index (χ3v) is 5.74. The lowest BCUT2D eigenvalue weighted by molar-refractivity contribution is 0.0730. The van der Waals surface area contributed by atoms with Crippen LogP contribution in [0.1, 0.15) is 48.7 Å². The minimum atomic E-state index is 0.0623. The Morgan fingerprint density at radius 3 is 2.72 bits per heavy atom. The first-order valence-electron chi connectivity index (χ1n) is 10.6. The smallest absolute Gasteiger partial charge is 0.256 e. The van der Waals surface area contributed by atoms with Gasteiger partial charge in [-0.3, -0.25) is 9.48 Å². The van der Waals surface area contributed by atoms with Gasteiger partial charge in [0.05, 0.1) is 18.9 Å². The largest absolute Gasteiger partial charge is 0.497 e. The second kappa shape index (κ2) is 9.92. The zero-order valence-corrected chi connectivity index (χ0v) is 18.2. The van der Waals surface area contributed by atoms with Crippen LogP contribution in [-0.2, 0) is 6.42 Å². The van der Waals surface area contributed by atoms with E-state index in [4.69, 9.17) is 4.74 Å². The number of carbonyl (C=O) groups excluding carboxylic acids is 1. The standard InChI is InChI=1S/C23H34N4O2/c1-18(2)27-17-21(14-24-27)23(28)25(3)15-20-6-5-12-26(16-20)13-11-19-7-9-22(29-4)10-8-19/h7-10,14,17-18,20H,5-6,11-13,15-16H2,1-4H3/t20-/m1/s1. The average molecular weight is 399 g/mol. The molecule has 0 radical (unpaired) electrons. The zero-order valence-electron chi connectivity index (χ0n) is 18.2. The molecule has 1 aliphatic heterocycles. The third-order valence-electron chi connectivity index (χ3n) is 5.74. The van der Waals surface area contributed by atoms with Crippen molar-refractivity contribution in [1.29, 1.82) is 0 Å². The number of hydrogen-bond donors (Lipinski definition) is 0. The Morgan fingerprint density at radius 1 is 1.31 bits per heavy atom. The fraction of sp³-hybridized carbons (Fsp3) is 0.565. The van der Waals surface area contributed by atoms with Gasteiger partial charge in [0.1, 0.15) is 5.75 Å². The molecule has 6 nitrogen and oxygen atoms in total. The fourth-order valence-corrected chi connectivity index (χ4v) is 4.00. The second-order valence-corrected chi connectivity index (χ2v) is 8.40. The van der Waals surface area contributed by atoms with Gasteiger partial charge in [-0.05, 0) is 63.3 Å². The van der Waals surface area contributed by atoms with Crippen LogP contribution >= 0.6 is 0 Å². The fourth-order valence-electron chi connectivity index (χ4n) is 4.00. The molecule has 1 aromatic heterocycles. The summed E-state index contributed by atoms with van der Waals surface area (Å²) >= 11 is 0. The Bertz CT molecular complexity index is 784. The van der Waals surface area contributed by atoms with Crippen LogP contribution in [0.15, 0.2) is 36.7 Å². The topological polar surface area (TPSA) is 50.6 Å². The van der Waals surface area contributed by atoms with Crippen molar-refractivity contribution in [1.82, 2.24) is 19.6 Å². The van der Waals surface area contributed by atoms with E-state index in [2.05, 4.69) is 36.0 Å². The van der Waals surface area contributed by atoms with Crippen molar-refractivity contribution in [2.24, 2.45) is 5.92 Å². The maximum atomic E-state index is 12.7. The van der Waals surface area contributed by atoms with E-state index in [1.807, 2.05) is 35.0 Å². The summed E-state index contributed by atoms with van der Waals surface area (Å²) in [6.45, 7) is 8.18. The first kappa shape index (κ1) is 21.4. The van der Waals surface area contributed by atoms with Gasteiger partial charge in [-0.1, -0.05) is 12.1 Å². The van der Waals surface area contributed by atoms with Gasteiger partial charge in [-0.15, -0.1) is 0 Å². The molecule has 0 bridgehead atoms. The first-order chi connectivity index (χ1) is 14.0. The van der Waals surface area contributed by atoms with Crippen LogP contribution in [0.4, 0.5) is 0 Å². The lowest BCUT2D eigenvalue weighted by atomic mass is 9.97. The molecule has 1 saturated heterocycles. The van der Waals surface area contributed by atoms with E-state index in [0.717, 1.165) is 38.3 Å². The van der Waals surface area contributed by atoms with Gasteiger partial charge in [0.15, 0.2) is 0 Å². The number of methoxy groups -OCH3 is 1. The summed E-state index contributed by atoms with van der Waals surface area (Å²) < 4.78 is 7.07. The predicted molar refractivity (Wildman–Crippen MR) is 115 cm³/mol. The Hall–Kier alpha value is -2.34. The van der Waals surface area contributed by atoms with Gasteiger partial charge < -0.3 is 14.5 Å². The van der Waals surface area contributed by atoms with Crippen molar-refractivity contribution in [2.75, 3.05) is 40.3 Å². The molecule has 0 saturated carbocycles. The number of aromatic nitrogens is 2. The number of carbonyl (C=O) groups is 1. The Balaban J connectivity index is 1.48. The summed E-state index contributed by atoms with van der Waals surface area (Å²) in [5, 5.41) is 4.30. The molecule has 1 amide bonds. The van der Waals surface area contributed by atoms with Crippen molar-refractivity contribution in [3.05, 3.63) is 47.8 Å². The van der Waals surface area contributed by atoms with Gasteiger partial charge in [-0.25, -0.2) is 0 Å². The molecule has 3 rings (SSSR count). The third kappa shape index (κ3) is 5.82. The monoisotopic (exact) mass is 398 g/mol. The van der Waals surface area contributed by atoms with Crippen LogP contribution in [0.5, 0.6) is 5.75 Å². The van der Waals surface area contributed by atoms with Crippen LogP contribution in [0, 0.1) is 5.92 Å². The molecule has 1 atom stereocenters. The maximum Gasteiger partial charge on any atom is 0.256 e. The van der Waals surface area contributed by atoms with E-state index in [9.17, 15) is 4.79 Å². The van der Waals surface area contributed by atoms with Gasteiger partial charge in [0.2, 0.25) is 0 Å². The van der Waals surface area contributed by atoms with E-state index < -0.39 is 0 Å². The zero-order chi connectivity index (χ0) is 20.8. The molecule has 1 fully saturated rings. The minimum Gasteiger partial charge on any atom is -0.497 e. The van der Waals surface area contributed by atoms with E-state index in [0.29, 0.717) is 11.5 Å². The average Bonchev–Trinajstić information content (AvgIpc) is 3.23. The quantitative estimate of drug-likeness (QED) is 0.683. The van der Waals surface area contributed by atoms with Gasteiger partial charge >= 0.3 is 0 Å². The number of rotatable bonds is 8. The number of piperidine rings is 1. The summed E-state index contributed by atoms with van der Waals surface area (Å²) in [5.74, 6) is 1.49. The van der Waals surface area contributed by atoms with E-state index in [1.165, 1.54) is 18.4 Å². The SMILES string of the molecule is COc1ccc(CCN2CCC[C@H](CN(C)C(=O)c3cnn(C(C)C)c3)C2)cc1. The predicted octanol–water partition coefficient (Wildman–Crippen LogP) is 3.50. The molecule has 0 spiro atoms. The number of hydrogen-bond acceptors (Lipinski definition) is 4. The number of amides is 1. The summed E-state index contributed by atoms with van der Waals surface area (Å²) in [7, 11) is 3.60. The molecular formula is C23H34N4O2. The molecule has 0 unspecified atom stereocenters. The summed E-state index contributed by atoms with van der Waals surface area (Å²) in [6, 6.07) is 8.60. The highest BCUT2D eigenvalue weighted by Gasteiger charge is 2.23. The second-order valence-electron chi connectivity index (χ2n) is 8.40. The molecule has 1 aromatic carbocycles. The lowest BCUT2D eigenvalue weighted by Crippen LogP contribution is -2.42. The summed E-state index contributed by atoms with van der Waals surface area (Å²) in [6.07, 6.45) is 6.95. The Labute approximate surface area is 174 Å². The first-order valence-corrected chi connectivity index (χ1v) is 10.6. The molecule has 0 aliphatic carbocycles. The van der Waals surface area contributed by atoms with Crippen molar-refractivity contribution in [3.63, 3.8) is 0 Å². The van der Waals surface area contributed by atoms with Gasteiger partial charge in [-0.2, -0.15) is 5.10 Å². The summed E-state index contributed by atoms with van der Waals surface area (Å²) in [4.78, 5) is 17.1. The van der Waals surface area contributed by atoms with E-state index >= 15 is 0 Å². The van der Waals surface area contributed by atoms with Crippen LogP contribution in [0.3, 0.4) is 0 Å². The molecule has 29 heavy (non-hydrogen) atoms. The van der Waals surface area contributed by atoms with Crippen molar-refractivity contribution < 1.29 is 9.53 Å².